The van der Waals surface area contributed by atoms with E-state index in [0.29, 0.717) is 0 Å². The molecule has 0 saturated heterocycles. The summed E-state index contributed by atoms with van der Waals surface area (Å²) in [5.41, 5.74) is 3.67. The molecule has 5 heteroatoms. The lowest BCUT2D eigenvalue weighted by Crippen LogP contribution is -2.34. The molecule has 1 unspecified atom stereocenters. The zero-order valence-electron chi connectivity index (χ0n) is 6.56. The van der Waals surface area contributed by atoms with Crippen LogP contribution in [-0.4, -0.2) is 23.9 Å². The van der Waals surface area contributed by atoms with Crippen LogP contribution in [0.3, 0.4) is 0 Å². The monoisotopic (exact) mass is 183 g/mol. The average Bonchev–Trinajstić information content (AvgIpc) is 2.67. The predicted molar refractivity (Wildman–Crippen MR) is 37.4 cm³/mol. The third kappa shape index (κ3) is 1.72. The topological polar surface area (TPSA) is 46.2 Å². The molecule has 0 aromatic carbocycles. The van der Waals surface area contributed by atoms with Crippen LogP contribution in [0, 0.1) is 5.41 Å². The number of halogens is 3. The van der Waals surface area contributed by atoms with E-state index in [-0.39, 0.29) is 25.9 Å². The Hall–Kier alpha value is -0.290. The Kier molecular flexibility index (Phi) is 2.35. The van der Waals surface area contributed by atoms with Crippen molar-refractivity contribution in [3.05, 3.63) is 0 Å². The van der Waals surface area contributed by atoms with E-state index in [0.717, 1.165) is 0 Å². The molecular formula is C7H12F3NO. The van der Waals surface area contributed by atoms with Gasteiger partial charge in [0.2, 0.25) is 0 Å². The van der Waals surface area contributed by atoms with Crippen molar-refractivity contribution in [3.8, 4) is 0 Å². The number of hydrogen-bond acceptors (Lipinski definition) is 2. The molecule has 0 amide bonds. The summed E-state index contributed by atoms with van der Waals surface area (Å²) in [4.78, 5) is 0. The maximum absolute atomic E-state index is 12.3. The van der Waals surface area contributed by atoms with Gasteiger partial charge in [-0.2, -0.15) is 13.2 Å². The fraction of sp³-hybridized carbons (Fsp3) is 1.00. The lowest BCUT2D eigenvalue weighted by Gasteiger charge is -2.21. The molecule has 1 fully saturated rings. The molecule has 1 atom stereocenters. The van der Waals surface area contributed by atoms with Crippen LogP contribution in [-0.2, 0) is 0 Å². The van der Waals surface area contributed by atoms with Crippen LogP contribution >= 0.6 is 0 Å². The lowest BCUT2D eigenvalue weighted by molar-refractivity contribution is -0.190. The summed E-state index contributed by atoms with van der Waals surface area (Å²) in [6, 6.07) is -0.742. The number of aliphatic hydroxyl groups is 1. The van der Waals surface area contributed by atoms with Crippen LogP contribution in [0.5, 0.6) is 0 Å². The summed E-state index contributed by atoms with van der Waals surface area (Å²) in [6.45, 7) is -0.377. The number of alkyl halides is 3. The van der Waals surface area contributed by atoms with Crippen LogP contribution in [0.25, 0.3) is 0 Å². The van der Waals surface area contributed by atoms with E-state index in [9.17, 15) is 13.2 Å². The third-order valence-corrected chi connectivity index (χ3v) is 2.34. The Morgan fingerprint density at radius 2 is 1.92 bits per heavy atom. The van der Waals surface area contributed by atoms with Gasteiger partial charge in [-0.05, 0) is 19.3 Å². The van der Waals surface area contributed by atoms with E-state index in [2.05, 4.69) is 0 Å². The highest BCUT2D eigenvalue weighted by Gasteiger charge is 2.63. The largest absolute Gasteiger partial charge is 0.395 e. The van der Waals surface area contributed by atoms with Crippen molar-refractivity contribution in [2.75, 3.05) is 6.61 Å². The molecule has 1 aliphatic rings. The third-order valence-electron chi connectivity index (χ3n) is 2.34. The second-order valence-corrected chi connectivity index (χ2v) is 3.42. The van der Waals surface area contributed by atoms with Crippen molar-refractivity contribution in [1.29, 1.82) is 0 Å². The summed E-state index contributed by atoms with van der Waals surface area (Å²) in [5, 5.41) is 8.50. The Morgan fingerprint density at radius 1 is 1.42 bits per heavy atom. The molecule has 72 valence electrons. The molecule has 1 aliphatic carbocycles. The maximum atomic E-state index is 12.3. The van der Waals surface area contributed by atoms with Crippen LogP contribution in [0.4, 0.5) is 13.2 Å². The van der Waals surface area contributed by atoms with Crippen LogP contribution < -0.4 is 5.73 Å². The maximum Gasteiger partial charge on any atom is 0.394 e. The van der Waals surface area contributed by atoms with E-state index < -0.39 is 17.6 Å². The molecule has 12 heavy (non-hydrogen) atoms. The van der Waals surface area contributed by atoms with E-state index in [4.69, 9.17) is 10.8 Å². The minimum absolute atomic E-state index is 0.146. The molecule has 0 bridgehead atoms. The lowest BCUT2D eigenvalue weighted by atomic mass is 9.97. The zero-order chi connectivity index (χ0) is 9.41. The molecule has 0 aromatic heterocycles. The number of aliphatic hydroxyl groups excluding tert-OH is 1. The van der Waals surface area contributed by atoms with Gasteiger partial charge in [-0.25, -0.2) is 0 Å². The van der Waals surface area contributed by atoms with Gasteiger partial charge in [0.1, 0.15) is 0 Å². The van der Waals surface area contributed by atoms with Gasteiger partial charge in [0.15, 0.2) is 0 Å². The summed E-state index contributed by atoms with van der Waals surface area (Å²) in [5.74, 6) is 0. The van der Waals surface area contributed by atoms with Crippen molar-refractivity contribution in [2.24, 2.45) is 11.1 Å². The molecule has 1 saturated carbocycles. The smallest absolute Gasteiger partial charge is 0.394 e. The van der Waals surface area contributed by atoms with Gasteiger partial charge in [0, 0.05) is 6.04 Å². The molecule has 0 radical (unpaired) electrons. The minimum atomic E-state index is -4.15. The molecule has 0 aromatic rings. The van der Waals surface area contributed by atoms with Gasteiger partial charge >= 0.3 is 6.18 Å². The second-order valence-electron chi connectivity index (χ2n) is 3.42. The predicted octanol–water partition coefficient (Wildman–Crippen LogP) is 1.04. The van der Waals surface area contributed by atoms with Crippen molar-refractivity contribution in [3.63, 3.8) is 0 Å². The standard InChI is InChI=1S/C7H12F3NO/c8-7(9,10)6(1-2-6)3-5(11)4-12/h5,12H,1-4,11H2. The van der Waals surface area contributed by atoms with Crippen molar-refractivity contribution in [2.45, 2.75) is 31.5 Å². The molecule has 0 spiro atoms. The summed E-state index contributed by atoms with van der Waals surface area (Å²) in [7, 11) is 0. The van der Waals surface area contributed by atoms with Gasteiger partial charge in [-0.1, -0.05) is 0 Å². The summed E-state index contributed by atoms with van der Waals surface area (Å²) < 4.78 is 36.8. The fourth-order valence-corrected chi connectivity index (χ4v) is 1.32. The van der Waals surface area contributed by atoms with Crippen molar-refractivity contribution < 1.29 is 18.3 Å². The van der Waals surface area contributed by atoms with E-state index >= 15 is 0 Å². The molecular weight excluding hydrogens is 171 g/mol. The minimum Gasteiger partial charge on any atom is -0.395 e. The Morgan fingerprint density at radius 3 is 2.17 bits per heavy atom. The molecule has 0 heterocycles. The highest BCUT2D eigenvalue weighted by atomic mass is 19.4. The first kappa shape index (κ1) is 9.80. The quantitative estimate of drug-likeness (QED) is 0.686. The Bertz CT molecular complexity index is 165. The number of hydrogen-bond donors (Lipinski definition) is 2. The SMILES string of the molecule is NC(CO)CC1(C(F)(F)F)CC1. The van der Waals surface area contributed by atoms with Crippen molar-refractivity contribution >= 4 is 0 Å². The summed E-state index contributed by atoms with van der Waals surface area (Å²) >= 11 is 0. The average molecular weight is 183 g/mol. The Balaban J connectivity index is 2.51. The van der Waals surface area contributed by atoms with Crippen LogP contribution in [0.15, 0.2) is 0 Å². The molecule has 2 nitrogen and oxygen atoms in total. The van der Waals surface area contributed by atoms with Crippen LogP contribution in [0.1, 0.15) is 19.3 Å². The first-order valence-corrected chi connectivity index (χ1v) is 3.84. The van der Waals surface area contributed by atoms with Gasteiger partial charge in [-0.15, -0.1) is 0 Å². The number of nitrogens with two attached hydrogens (primary N) is 1. The van der Waals surface area contributed by atoms with Gasteiger partial charge in [0.25, 0.3) is 0 Å². The van der Waals surface area contributed by atoms with Crippen LogP contribution in [0.2, 0.25) is 0 Å². The zero-order valence-corrected chi connectivity index (χ0v) is 6.56. The summed E-state index contributed by atoms with van der Waals surface area (Å²) in [6.07, 6.45) is -3.98. The Labute approximate surface area is 68.6 Å². The first-order chi connectivity index (χ1) is 5.41. The fourth-order valence-electron chi connectivity index (χ4n) is 1.32. The van der Waals surface area contributed by atoms with Gasteiger partial charge < -0.3 is 10.8 Å². The first-order valence-electron chi connectivity index (χ1n) is 3.84. The van der Waals surface area contributed by atoms with Crippen molar-refractivity contribution in [1.82, 2.24) is 0 Å². The van der Waals surface area contributed by atoms with E-state index in [1.807, 2.05) is 0 Å². The molecule has 0 aliphatic heterocycles. The van der Waals surface area contributed by atoms with E-state index in [1.54, 1.807) is 0 Å². The molecule has 3 N–H and O–H groups in total. The molecule has 1 rings (SSSR count). The second kappa shape index (κ2) is 2.88. The normalized spacial score (nSPS) is 23.8. The van der Waals surface area contributed by atoms with E-state index in [1.165, 1.54) is 0 Å². The number of rotatable bonds is 3. The highest BCUT2D eigenvalue weighted by Crippen LogP contribution is 2.60. The van der Waals surface area contributed by atoms with Gasteiger partial charge in [-0.3, -0.25) is 0 Å². The van der Waals surface area contributed by atoms with Gasteiger partial charge in [0.05, 0.1) is 12.0 Å². The highest BCUT2D eigenvalue weighted by molar-refractivity contribution is 5.00.